The van der Waals surface area contributed by atoms with Crippen LogP contribution < -0.4 is 10.6 Å². The zero-order valence-electron chi connectivity index (χ0n) is 7.63. The van der Waals surface area contributed by atoms with Gasteiger partial charge in [0.2, 0.25) is 0 Å². The predicted molar refractivity (Wildman–Crippen MR) is 53.2 cm³/mol. The summed E-state index contributed by atoms with van der Waals surface area (Å²) in [6.07, 6.45) is 0. The molecule has 0 radical (unpaired) electrons. The highest BCUT2D eigenvalue weighted by Gasteiger charge is 2.08. The Morgan fingerprint density at radius 3 is 2.46 bits per heavy atom. The molecule has 0 saturated carbocycles. The Bertz CT molecular complexity index is 278. The van der Waals surface area contributed by atoms with Crippen LogP contribution in [0.5, 0.6) is 0 Å². The molecular formula is C7H12ClN5. The molecule has 0 unspecified atom stereocenters. The molecule has 0 bridgehead atoms. The van der Waals surface area contributed by atoms with E-state index in [1.807, 2.05) is 13.8 Å². The van der Waals surface area contributed by atoms with Crippen LogP contribution in [0.25, 0.3) is 0 Å². The predicted octanol–water partition coefficient (Wildman–Crippen LogP) is 1.39. The first-order valence-electron chi connectivity index (χ1n) is 4.16. The van der Waals surface area contributed by atoms with E-state index in [9.17, 15) is 0 Å². The van der Waals surface area contributed by atoms with Crippen LogP contribution in [0, 0.1) is 0 Å². The van der Waals surface area contributed by atoms with Crippen molar-refractivity contribution in [1.29, 1.82) is 0 Å². The van der Waals surface area contributed by atoms with Gasteiger partial charge in [0.25, 0.3) is 0 Å². The Morgan fingerprint density at radius 1 is 1.15 bits per heavy atom. The van der Waals surface area contributed by atoms with Gasteiger partial charge in [-0.25, -0.2) is 0 Å². The smallest absolute Gasteiger partial charge is 0.180 e. The summed E-state index contributed by atoms with van der Waals surface area (Å²) in [5.74, 6) is 0.643. The van der Waals surface area contributed by atoms with E-state index in [0.717, 1.165) is 13.1 Å². The second kappa shape index (κ2) is 4.81. The molecule has 1 aromatic heterocycles. The lowest BCUT2D eigenvalue weighted by atomic mass is 10.4. The molecule has 0 atom stereocenters. The summed E-state index contributed by atoms with van der Waals surface area (Å²) in [5.41, 5.74) is 0.709. The number of hydrogen-bond donors (Lipinski definition) is 2. The molecular weight excluding hydrogens is 190 g/mol. The maximum Gasteiger partial charge on any atom is 0.180 e. The van der Waals surface area contributed by atoms with Gasteiger partial charge >= 0.3 is 0 Å². The summed E-state index contributed by atoms with van der Waals surface area (Å²) >= 11 is 5.83. The first kappa shape index (κ1) is 9.98. The van der Waals surface area contributed by atoms with Crippen molar-refractivity contribution in [2.24, 2.45) is 0 Å². The van der Waals surface area contributed by atoms with Crippen molar-refractivity contribution in [3.63, 3.8) is 0 Å². The number of aromatic nitrogens is 3. The quantitative estimate of drug-likeness (QED) is 0.771. The monoisotopic (exact) mass is 201 g/mol. The van der Waals surface area contributed by atoms with Crippen molar-refractivity contribution < 1.29 is 0 Å². The third-order valence-corrected chi connectivity index (χ3v) is 1.68. The van der Waals surface area contributed by atoms with Crippen LogP contribution >= 0.6 is 11.6 Å². The van der Waals surface area contributed by atoms with Gasteiger partial charge < -0.3 is 10.6 Å². The molecule has 0 fully saturated rings. The topological polar surface area (TPSA) is 62.7 Å². The van der Waals surface area contributed by atoms with E-state index in [0.29, 0.717) is 16.7 Å². The van der Waals surface area contributed by atoms with Crippen molar-refractivity contribution in [3.8, 4) is 0 Å². The number of nitrogens with one attached hydrogen (secondary N) is 2. The van der Waals surface area contributed by atoms with Crippen LogP contribution in [0.4, 0.5) is 11.5 Å². The fourth-order valence-corrected chi connectivity index (χ4v) is 1.12. The molecule has 72 valence electrons. The summed E-state index contributed by atoms with van der Waals surface area (Å²) in [5, 5.41) is 17.4. The summed E-state index contributed by atoms with van der Waals surface area (Å²) < 4.78 is 0. The summed E-state index contributed by atoms with van der Waals surface area (Å²) in [6, 6.07) is 0. The minimum absolute atomic E-state index is 0.341. The molecule has 1 heterocycles. The van der Waals surface area contributed by atoms with Crippen LogP contribution in [0.15, 0.2) is 0 Å². The van der Waals surface area contributed by atoms with Gasteiger partial charge in [0.15, 0.2) is 11.0 Å². The molecule has 0 spiro atoms. The Kier molecular flexibility index (Phi) is 3.70. The normalized spacial score (nSPS) is 9.77. The Hall–Kier alpha value is -1.10. The highest BCUT2D eigenvalue weighted by Crippen LogP contribution is 2.24. The molecule has 0 aromatic carbocycles. The number of nitrogens with zero attached hydrogens (tertiary/aromatic N) is 3. The van der Waals surface area contributed by atoms with Crippen LogP contribution in [-0.4, -0.2) is 28.5 Å². The lowest BCUT2D eigenvalue weighted by Crippen LogP contribution is -2.08. The maximum atomic E-state index is 5.83. The van der Waals surface area contributed by atoms with Gasteiger partial charge in [-0.05, 0) is 19.1 Å². The molecule has 0 aliphatic carbocycles. The molecule has 2 N–H and O–H groups in total. The van der Waals surface area contributed by atoms with E-state index in [1.54, 1.807) is 0 Å². The zero-order valence-corrected chi connectivity index (χ0v) is 8.39. The molecule has 0 aliphatic heterocycles. The molecule has 1 aromatic rings. The van der Waals surface area contributed by atoms with Gasteiger partial charge in [-0.2, -0.15) is 0 Å². The van der Waals surface area contributed by atoms with Gasteiger partial charge in [0.1, 0.15) is 5.69 Å². The lowest BCUT2D eigenvalue weighted by Gasteiger charge is -2.09. The van der Waals surface area contributed by atoms with Crippen LogP contribution in [0.3, 0.4) is 0 Å². The van der Waals surface area contributed by atoms with E-state index >= 15 is 0 Å². The largest absolute Gasteiger partial charge is 0.380 e. The second-order valence-corrected chi connectivity index (χ2v) is 2.72. The highest BCUT2D eigenvalue weighted by molar-refractivity contribution is 6.32. The number of hydrogen-bond acceptors (Lipinski definition) is 5. The molecule has 0 saturated heterocycles. The van der Waals surface area contributed by atoms with Crippen LogP contribution in [-0.2, 0) is 0 Å². The summed E-state index contributed by atoms with van der Waals surface area (Å²) in [4.78, 5) is 0. The first-order valence-corrected chi connectivity index (χ1v) is 4.54. The number of anilines is 2. The van der Waals surface area contributed by atoms with Crippen LogP contribution in [0.1, 0.15) is 13.8 Å². The minimum Gasteiger partial charge on any atom is -0.380 e. The van der Waals surface area contributed by atoms with Crippen molar-refractivity contribution in [2.75, 3.05) is 23.7 Å². The second-order valence-electron chi connectivity index (χ2n) is 2.36. The standard InChI is InChI=1S/C7H12ClN5/c1-3-9-5-6(8)11-13-12-7(5)10-4-2/h3-4H2,1-2H3,(H,9,13)(H,10,11,12). The van der Waals surface area contributed by atoms with Crippen molar-refractivity contribution in [1.82, 2.24) is 15.4 Å². The molecule has 1 rings (SSSR count). The molecule has 0 amide bonds. The van der Waals surface area contributed by atoms with Crippen molar-refractivity contribution in [2.45, 2.75) is 13.8 Å². The molecule has 6 heteroatoms. The average Bonchev–Trinajstić information content (AvgIpc) is 2.11. The highest BCUT2D eigenvalue weighted by atomic mass is 35.5. The Balaban J connectivity index is 2.95. The van der Waals surface area contributed by atoms with E-state index in [2.05, 4.69) is 26.0 Å². The summed E-state index contributed by atoms with van der Waals surface area (Å²) in [6.45, 7) is 5.50. The van der Waals surface area contributed by atoms with Crippen LogP contribution in [0.2, 0.25) is 5.15 Å². The van der Waals surface area contributed by atoms with E-state index in [4.69, 9.17) is 11.6 Å². The minimum atomic E-state index is 0.341. The Labute approximate surface area is 81.9 Å². The average molecular weight is 202 g/mol. The zero-order chi connectivity index (χ0) is 9.68. The van der Waals surface area contributed by atoms with Gasteiger partial charge in [-0.3, -0.25) is 0 Å². The van der Waals surface area contributed by atoms with Crippen molar-refractivity contribution in [3.05, 3.63) is 5.15 Å². The molecule has 5 nitrogen and oxygen atoms in total. The van der Waals surface area contributed by atoms with Crippen molar-refractivity contribution >= 4 is 23.1 Å². The van der Waals surface area contributed by atoms with Gasteiger partial charge in [0, 0.05) is 13.1 Å². The third kappa shape index (κ3) is 2.42. The fourth-order valence-electron chi connectivity index (χ4n) is 0.929. The first-order chi connectivity index (χ1) is 6.29. The third-order valence-electron chi connectivity index (χ3n) is 1.42. The van der Waals surface area contributed by atoms with E-state index in [1.165, 1.54) is 0 Å². The van der Waals surface area contributed by atoms with Gasteiger partial charge in [-0.1, -0.05) is 11.6 Å². The SMILES string of the molecule is CCNc1nnnc(Cl)c1NCC. The molecule has 0 aliphatic rings. The summed E-state index contributed by atoms with van der Waals surface area (Å²) in [7, 11) is 0. The lowest BCUT2D eigenvalue weighted by molar-refractivity contribution is 0.864. The van der Waals surface area contributed by atoms with Gasteiger partial charge in [0.05, 0.1) is 0 Å². The van der Waals surface area contributed by atoms with E-state index < -0.39 is 0 Å². The number of rotatable bonds is 4. The molecule has 13 heavy (non-hydrogen) atoms. The fraction of sp³-hybridized carbons (Fsp3) is 0.571. The number of halogens is 1. The van der Waals surface area contributed by atoms with Gasteiger partial charge in [-0.15, -0.1) is 10.2 Å². The maximum absolute atomic E-state index is 5.83. The Morgan fingerprint density at radius 2 is 1.85 bits per heavy atom. The van der Waals surface area contributed by atoms with E-state index in [-0.39, 0.29) is 0 Å².